The third-order valence-corrected chi connectivity index (χ3v) is 5.92. The van der Waals surface area contributed by atoms with Crippen LogP contribution in [-0.2, 0) is 13.0 Å². The maximum absolute atomic E-state index is 4.40. The van der Waals surface area contributed by atoms with E-state index in [1.807, 2.05) is 33.6 Å². The maximum Gasteiger partial charge on any atom is 0.113 e. The predicted molar refractivity (Wildman–Crippen MR) is 127 cm³/mol. The molecule has 0 fully saturated rings. The highest BCUT2D eigenvalue weighted by molar-refractivity contribution is 5.77. The van der Waals surface area contributed by atoms with Crippen molar-refractivity contribution in [2.75, 3.05) is 0 Å². The second-order valence-corrected chi connectivity index (χ2v) is 8.21. The molecule has 6 rings (SSSR count). The fourth-order valence-electron chi connectivity index (χ4n) is 4.21. The van der Waals surface area contributed by atoms with Crippen molar-refractivity contribution in [3.8, 4) is 5.69 Å². The van der Waals surface area contributed by atoms with Crippen LogP contribution in [0.5, 0.6) is 0 Å². The average molecular weight is 432 g/mol. The molecule has 0 unspecified atom stereocenters. The van der Waals surface area contributed by atoms with Crippen LogP contribution in [-0.4, -0.2) is 35.0 Å². The van der Waals surface area contributed by atoms with E-state index in [9.17, 15) is 0 Å². The first-order chi connectivity index (χ1) is 16.2. The number of fused-ring (bicyclic) bond motifs is 2. The molecule has 0 saturated heterocycles. The van der Waals surface area contributed by atoms with Gasteiger partial charge in [-0.25, -0.2) is 9.36 Å². The lowest BCUT2D eigenvalue weighted by Crippen LogP contribution is -2.05. The molecule has 0 aliphatic heterocycles. The van der Waals surface area contributed by atoms with Gasteiger partial charge in [-0.1, -0.05) is 46.8 Å². The van der Waals surface area contributed by atoms with Gasteiger partial charge in [-0.05, 0) is 72.0 Å². The summed E-state index contributed by atoms with van der Waals surface area (Å²) in [6.45, 7) is 2.77. The minimum atomic E-state index is 0.675. The quantitative estimate of drug-likeness (QED) is 0.402. The third-order valence-electron chi connectivity index (χ3n) is 5.92. The molecule has 7 nitrogen and oxygen atoms in total. The van der Waals surface area contributed by atoms with Crippen molar-refractivity contribution >= 4 is 22.1 Å². The lowest BCUT2D eigenvalue weighted by Gasteiger charge is -2.11. The molecule has 3 aromatic heterocycles. The van der Waals surface area contributed by atoms with Gasteiger partial charge in [0, 0.05) is 12.4 Å². The molecule has 0 spiro atoms. The topological polar surface area (TPSA) is 74.3 Å². The SMILES string of the molecule is Cc1ccc2nnn(Cc3ccccc3Cc3ccc4nnn(-c5ccncc5)c4c3)c2c1. The van der Waals surface area contributed by atoms with E-state index in [2.05, 4.69) is 81.1 Å². The molecular weight excluding hydrogens is 410 g/mol. The van der Waals surface area contributed by atoms with E-state index in [0.717, 1.165) is 34.2 Å². The van der Waals surface area contributed by atoms with E-state index < -0.39 is 0 Å². The van der Waals surface area contributed by atoms with Crippen LogP contribution in [0, 0.1) is 6.92 Å². The summed E-state index contributed by atoms with van der Waals surface area (Å²) >= 11 is 0. The second kappa shape index (κ2) is 7.94. The standard InChI is InChI=1S/C26H21N7/c1-18-6-8-23-25(14-18)32(30-28-23)17-21-5-3-2-4-20(21)15-19-7-9-24-26(16-19)33(31-29-24)22-10-12-27-13-11-22/h2-14,16H,15,17H2,1H3. The number of benzene rings is 3. The Balaban J connectivity index is 1.34. The average Bonchev–Trinajstić information content (AvgIpc) is 3.44. The van der Waals surface area contributed by atoms with Crippen molar-refractivity contribution in [3.63, 3.8) is 0 Å². The number of aromatic nitrogens is 7. The van der Waals surface area contributed by atoms with Crippen molar-refractivity contribution in [1.82, 2.24) is 35.0 Å². The fraction of sp³-hybridized carbons (Fsp3) is 0.115. The molecule has 0 radical (unpaired) electrons. The Labute approximate surface area is 190 Å². The van der Waals surface area contributed by atoms with Crippen molar-refractivity contribution in [1.29, 1.82) is 0 Å². The molecule has 0 aliphatic carbocycles. The predicted octanol–water partition coefficient (Wildman–Crippen LogP) is 4.51. The molecule has 0 bridgehead atoms. The molecule has 0 saturated carbocycles. The van der Waals surface area contributed by atoms with Crippen molar-refractivity contribution in [3.05, 3.63) is 107 Å². The summed E-state index contributed by atoms with van der Waals surface area (Å²) in [5.41, 5.74) is 9.65. The molecule has 7 heteroatoms. The van der Waals surface area contributed by atoms with Gasteiger partial charge in [-0.2, -0.15) is 0 Å². The number of nitrogens with zero attached hydrogens (tertiary/aromatic N) is 7. The lowest BCUT2D eigenvalue weighted by molar-refractivity contribution is 0.666. The van der Waals surface area contributed by atoms with Crippen LogP contribution in [0.3, 0.4) is 0 Å². The first-order valence-corrected chi connectivity index (χ1v) is 10.9. The summed E-state index contributed by atoms with van der Waals surface area (Å²) in [6, 6.07) is 24.9. The van der Waals surface area contributed by atoms with Gasteiger partial charge in [0.25, 0.3) is 0 Å². The summed E-state index contributed by atoms with van der Waals surface area (Å²) in [7, 11) is 0. The molecule has 0 aliphatic rings. The third kappa shape index (κ3) is 3.63. The lowest BCUT2D eigenvalue weighted by atomic mass is 9.99. The van der Waals surface area contributed by atoms with Crippen LogP contribution in [0.25, 0.3) is 27.8 Å². The summed E-state index contributed by atoms with van der Waals surface area (Å²) in [6.07, 6.45) is 4.33. The molecule has 0 N–H and O–H groups in total. The summed E-state index contributed by atoms with van der Waals surface area (Å²) in [5, 5.41) is 17.4. The Hall–Kier alpha value is -4.39. The van der Waals surface area contributed by atoms with Crippen LogP contribution in [0.2, 0.25) is 0 Å². The Bertz CT molecular complexity index is 1580. The number of hydrogen-bond donors (Lipinski definition) is 0. The highest BCUT2D eigenvalue weighted by atomic mass is 15.4. The van der Waals surface area contributed by atoms with E-state index in [-0.39, 0.29) is 0 Å². The van der Waals surface area contributed by atoms with Gasteiger partial charge in [0.05, 0.1) is 23.3 Å². The number of pyridine rings is 1. The largest absolute Gasteiger partial charge is 0.265 e. The zero-order chi connectivity index (χ0) is 22.2. The van der Waals surface area contributed by atoms with E-state index in [0.29, 0.717) is 6.54 Å². The summed E-state index contributed by atoms with van der Waals surface area (Å²) in [4.78, 5) is 4.10. The Morgan fingerprint density at radius 3 is 2.36 bits per heavy atom. The van der Waals surface area contributed by atoms with E-state index in [4.69, 9.17) is 0 Å². The molecular formula is C26H21N7. The first kappa shape index (κ1) is 19.3. The van der Waals surface area contributed by atoms with Crippen LogP contribution < -0.4 is 0 Å². The van der Waals surface area contributed by atoms with Gasteiger partial charge in [0.15, 0.2) is 0 Å². The molecule has 3 aromatic carbocycles. The zero-order valence-electron chi connectivity index (χ0n) is 18.1. The molecule has 33 heavy (non-hydrogen) atoms. The zero-order valence-corrected chi connectivity index (χ0v) is 18.1. The smallest absolute Gasteiger partial charge is 0.113 e. The van der Waals surface area contributed by atoms with Gasteiger partial charge in [-0.3, -0.25) is 4.98 Å². The van der Waals surface area contributed by atoms with Crippen LogP contribution >= 0.6 is 0 Å². The van der Waals surface area contributed by atoms with Crippen molar-refractivity contribution in [2.45, 2.75) is 19.9 Å². The van der Waals surface area contributed by atoms with E-state index in [1.165, 1.54) is 22.3 Å². The van der Waals surface area contributed by atoms with Crippen LogP contribution in [0.1, 0.15) is 22.3 Å². The van der Waals surface area contributed by atoms with E-state index >= 15 is 0 Å². The molecule has 6 aromatic rings. The van der Waals surface area contributed by atoms with Crippen molar-refractivity contribution in [2.24, 2.45) is 0 Å². The van der Waals surface area contributed by atoms with Gasteiger partial charge in [-0.15, -0.1) is 10.2 Å². The fourth-order valence-corrected chi connectivity index (χ4v) is 4.21. The highest BCUT2D eigenvalue weighted by Crippen LogP contribution is 2.22. The van der Waals surface area contributed by atoms with Crippen LogP contribution in [0.4, 0.5) is 0 Å². The summed E-state index contributed by atoms with van der Waals surface area (Å²) < 4.78 is 3.84. The Morgan fingerprint density at radius 1 is 0.727 bits per heavy atom. The van der Waals surface area contributed by atoms with Crippen LogP contribution in [0.15, 0.2) is 85.2 Å². The molecule has 0 atom stereocenters. The number of aryl methyl sites for hydroxylation is 1. The molecule has 160 valence electrons. The highest BCUT2D eigenvalue weighted by Gasteiger charge is 2.11. The maximum atomic E-state index is 4.40. The van der Waals surface area contributed by atoms with Gasteiger partial charge >= 0.3 is 0 Å². The van der Waals surface area contributed by atoms with Crippen molar-refractivity contribution < 1.29 is 0 Å². The monoisotopic (exact) mass is 431 g/mol. The Morgan fingerprint density at radius 2 is 1.48 bits per heavy atom. The van der Waals surface area contributed by atoms with Gasteiger partial charge < -0.3 is 0 Å². The number of hydrogen-bond acceptors (Lipinski definition) is 5. The normalized spacial score (nSPS) is 11.4. The Kier molecular flexibility index (Phi) is 4.65. The van der Waals surface area contributed by atoms with Gasteiger partial charge in [0.2, 0.25) is 0 Å². The minimum Gasteiger partial charge on any atom is -0.265 e. The molecule has 3 heterocycles. The second-order valence-electron chi connectivity index (χ2n) is 8.21. The summed E-state index contributed by atoms with van der Waals surface area (Å²) in [5.74, 6) is 0. The minimum absolute atomic E-state index is 0.675. The van der Waals surface area contributed by atoms with Gasteiger partial charge in [0.1, 0.15) is 11.0 Å². The molecule has 0 amide bonds. The van der Waals surface area contributed by atoms with E-state index in [1.54, 1.807) is 12.4 Å². The first-order valence-electron chi connectivity index (χ1n) is 10.9. The number of rotatable bonds is 5.